The lowest BCUT2D eigenvalue weighted by Gasteiger charge is -2.10. The van der Waals surface area contributed by atoms with Gasteiger partial charge in [-0.25, -0.2) is 18.5 Å². The third-order valence-electron chi connectivity index (χ3n) is 4.31. The summed E-state index contributed by atoms with van der Waals surface area (Å²) in [6, 6.07) is 19.5. The molecule has 0 aliphatic rings. The number of nitrogens with zero attached hydrogens (tertiary/aromatic N) is 1. The highest BCUT2D eigenvalue weighted by atomic mass is 32.2. The lowest BCUT2D eigenvalue weighted by molar-refractivity contribution is 0.598. The second kappa shape index (κ2) is 6.86. The zero-order valence-electron chi connectivity index (χ0n) is 14.3. The number of nitrogens with one attached hydrogen (secondary N) is 2. The largest absolute Gasteiger partial charge is 0.380 e. The Balaban J connectivity index is 1.64. The van der Waals surface area contributed by atoms with Crippen LogP contribution >= 0.6 is 0 Å². The van der Waals surface area contributed by atoms with E-state index in [9.17, 15) is 8.42 Å². The molecule has 4 N–H and O–H groups in total. The Hall–Kier alpha value is -3.16. The molecule has 7 heteroatoms. The fourth-order valence-corrected chi connectivity index (χ4v) is 3.49. The molecule has 2 aromatic carbocycles. The van der Waals surface area contributed by atoms with Crippen molar-refractivity contribution in [3.05, 3.63) is 78.6 Å². The molecule has 27 heavy (non-hydrogen) atoms. The van der Waals surface area contributed by atoms with E-state index in [0.29, 0.717) is 6.54 Å². The molecule has 2 aromatic heterocycles. The molecular weight excluding hydrogens is 360 g/mol. The SMILES string of the molecule is NS(=O)(=O)c1ccc(CNc2ccnc3[nH]cc(-c4[c]cccc4)c23)cc1. The molecule has 0 amide bonds. The number of H-pyrrole nitrogens is 1. The van der Waals surface area contributed by atoms with Gasteiger partial charge in [-0.05, 0) is 35.4 Å². The van der Waals surface area contributed by atoms with Crippen molar-refractivity contribution in [2.75, 3.05) is 5.32 Å². The van der Waals surface area contributed by atoms with Crippen molar-refractivity contribution in [2.45, 2.75) is 11.4 Å². The summed E-state index contributed by atoms with van der Waals surface area (Å²) in [4.78, 5) is 7.69. The van der Waals surface area contributed by atoms with Gasteiger partial charge in [0.2, 0.25) is 10.0 Å². The van der Waals surface area contributed by atoms with Crippen molar-refractivity contribution in [1.29, 1.82) is 0 Å². The highest BCUT2D eigenvalue weighted by Gasteiger charge is 2.12. The van der Waals surface area contributed by atoms with Crippen molar-refractivity contribution < 1.29 is 8.42 Å². The predicted octanol–water partition coefficient (Wildman–Crippen LogP) is 3.29. The van der Waals surface area contributed by atoms with E-state index in [1.807, 2.05) is 36.5 Å². The van der Waals surface area contributed by atoms with Crippen LogP contribution in [0.4, 0.5) is 5.69 Å². The number of sulfonamides is 1. The average molecular weight is 377 g/mol. The molecule has 0 spiro atoms. The van der Waals surface area contributed by atoms with Crippen molar-refractivity contribution in [3.63, 3.8) is 0 Å². The minimum Gasteiger partial charge on any atom is -0.380 e. The number of pyridine rings is 1. The number of rotatable bonds is 5. The molecule has 0 fully saturated rings. The van der Waals surface area contributed by atoms with Crippen LogP contribution < -0.4 is 10.5 Å². The van der Waals surface area contributed by atoms with Gasteiger partial charge >= 0.3 is 0 Å². The van der Waals surface area contributed by atoms with E-state index in [4.69, 9.17) is 5.14 Å². The summed E-state index contributed by atoms with van der Waals surface area (Å²) in [6.45, 7) is 0.535. The molecule has 0 aliphatic carbocycles. The molecule has 0 aliphatic heterocycles. The molecule has 4 aromatic rings. The van der Waals surface area contributed by atoms with Gasteiger partial charge in [0.05, 0.1) is 4.90 Å². The van der Waals surface area contributed by atoms with E-state index in [2.05, 4.69) is 21.4 Å². The minimum atomic E-state index is -3.68. The van der Waals surface area contributed by atoms with Crippen molar-refractivity contribution in [3.8, 4) is 11.1 Å². The number of primary sulfonamides is 1. The minimum absolute atomic E-state index is 0.102. The van der Waals surface area contributed by atoms with E-state index < -0.39 is 10.0 Å². The summed E-state index contributed by atoms with van der Waals surface area (Å²) in [5, 5.41) is 9.53. The average Bonchev–Trinajstić information content (AvgIpc) is 3.11. The molecule has 6 nitrogen and oxygen atoms in total. The summed E-state index contributed by atoms with van der Waals surface area (Å²) in [5.74, 6) is 0. The fourth-order valence-electron chi connectivity index (χ4n) is 2.97. The quantitative estimate of drug-likeness (QED) is 0.497. The van der Waals surface area contributed by atoms with Gasteiger partial charge in [0.1, 0.15) is 5.65 Å². The van der Waals surface area contributed by atoms with Crippen LogP contribution in [0.2, 0.25) is 0 Å². The Morgan fingerprint density at radius 3 is 2.63 bits per heavy atom. The van der Waals surface area contributed by atoms with Crippen LogP contribution in [0.5, 0.6) is 0 Å². The van der Waals surface area contributed by atoms with Gasteiger partial charge in [-0.1, -0.05) is 36.4 Å². The molecule has 1 radical (unpaired) electrons. The standard InChI is InChI=1S/C20H17N4O2S/c21-27(25,26)16-8-6-14(7-9-16)12-23-18-10-11-22-20-19(18)17(13-24-20)15-4-2-1-3-5-15/h1-4,6-11,13H,12H2,(H2,21,25,26)(H2,22,23,24). The molecule has 0 unspecified atom stereocenters. The lowest BCUT2D eigenvalue weighted by Crippen LogP contribution is -2.12. The molecule has 0 bridgehead atoms. The summed E-state index contributed by atoms with van der Waals surface area (Å²) in [6.07, 6.45) is 3.67. The topological polar surface area (TPSA) is 101 Å². The Labute approximate surface area is 157 Å². The van der Waals surface area contributed by atoms with Gasteiger partial charge in [-0.15, -0.1) is 0 Å². The van der Waals surface area contributed by atoms with Crippen molar-refractivity contribution >= 4 is 26.7 Å². The second-order valence-electron chi connectivity index (χ2n) is 6.10. The first-order chi connectivity index (χ1) is 13.0. The summed E-state index contributed by atoms with van der Waals surface area (Å²) in [5.41, 5.74) is 4.67. The third-order valence-corrected chi connectivity index (χ3v) is 5.24. The van der Waals surface area contributed by atoms with Gasteiger partial charge in [-0.2, -0.15) is 0 Å². The number of fused-ring (bicyclic) bond motifs is 1. The highest BCUT2D eigenvalue weighted by molar-refractivity contribution is 7.89. The third kappa shape index (κ3) is 3.55. The smallest absolute Gasteiger partial charge is 0.238 e. The first-order valence-corrected chi connectivity index (χ1v) is 9.86. The Bertz CT molecular complexity index is 1180. The number of aromatic nitrogens is 2. The number of hydrogen-bond donors (Lipinski definition) is 3. The van der Waals surface area contributed by atoms with Crippen LogP contribution in [0.3, 0.4) is 0 Å². The monoisotopic (exact) mass is 377 g/mol. The fraction of sp³-hybridized carbons (Fsp3) is 0.0500. The van der Waals surface area contributed by atoms with Crippen LogP contribution in [0.15, 0.2) is 71.9 Å². The predicted molar refractivity (Wildman–Crippen MR) is 106 cm³/mol. The van der Waals surface area contributed by atoms with E-state index in [0.717, 1.165) is 33.4 Å². The zero-order chi connectivity index (χ0) is 18.9. The zero-order valence-corrected chi connectivity index (χ0v) is 15.1. The summed E-state index contributed by atoms with van der Waals surface area (Å²) >= 11 is 0. The normalized spacial score (nSPS) is 11.6. The first-order valence-electron chi connectivity index (χ1n) is 8.31. The van der Waals surface area contributed by atoms with E-state index in [1.165, 1.54) is 12.1 Å². The van der Waals surface area contributed by atoms with E-state index in [1.54, 1.807) is 18.3 Å². The number of aromatic amines is 1. The first kappa shape index (κ1) is 17.3. The highest BCUT2D eigenvalue weighted by Crippen LogP contribution is 2.32. The summed E-state index contributed by atoms with van der Waals surface area (Å²) < 4.78 is 22.7. The molecule has 0 saturated carbocycles. The maximum absolute atomic E-state index is 11.4. The number of nitrogens with two attached hydrogens (primary N) is 1. The number of hydrogen-bond acceptors (Lipinski definition) is 4. The van der Waals surface area contributed by atoms with Crippen LogP contribution in [0.25, 0.3) is 22.2 Å². The molecule has 4 rings (SSSR count). The number of benzene rings is 2. The van der Waals surface area contributed by atoms with E-state index >= 15 is 0 Å². The Kier molecular flexibility index (Phi) is 4.39. The maximum Gasteiger partial charge on any atom is 0.238 e. The van der Waals surface area contributed by atoms with Crippen LogP contribution in [0, 0.1) is 6.07 Å². The molecule has 0 atom stereocenters. The molecule has 2 heterocycles. The molecule has 0 saturated heterocycles. The number of anilines is 1. The van der Waals surface area contributed by atoms with Gasteiger partial charge in [-0.3, -0.25) is 0 Å². The van der Waals surface area contributed by atoms with Gasteiger partial charge in [0, 0.05) is 35.6 Å². The van der Waals surface area contributed by atoms with Gasteiger partial charge < -0.3 is 10.3 Å². The van der Waals surface area contributed by atoms with Gasteiger partial charge in [0.15, 0.2) is 0 Å². The van der Waals surface area contributed by atoms with Crippen molar-refractivity contribution in [1.82, 2.24) is 9.97 Å². The van der Waals surface area contributed by atoms with Crippen LogP contribution in [0.1, 0.15) is 5.56 Å². The Morgan fingerprint density at radius 1 is 1.11 bits per heavy atom. The maximum atomic E-state index is 11.4. The Morgan fingerprint density at radius 2 is 1.93 bits per heavy atom. The van der Waals surface area contributed by atoms with E-state index in [-0.39, 0.29) is 4.90 Å². The van der Waals surface area contributed by atoms with Crippen LogP contribution in [-0.2, 0) is 16.6 Å². The lowest BCUT2D eigenvalue weighted by atomic mass is 10.0. The second-order valence-corrected chi connectivity index (χ2v) is 7.66. The summed E-state index contributed by atoms with van der Waals surface area (Å²) in [7, 11) is -3.68. The van der Waals surface area contributed by atoms with Crippen LogP contribution in [-0.4, -0.2) is 18.4 Å². The van der Waals surface area contributed by atoms with Gasteiger partial charge in [0.25, 0.3) is 0 Å². The molecular formula is C20H17N4O2S. The molecule has 135 valence electrons. The van der Waals surface area contributed by atoms with Crippen molar-refractivity contribution in [2.24, 2.45) is 5.14 Å².